The lowest BCUT2D eigenvalue weighted by Gasteiger charge is -2.39. The summed E-state index contributed by atoms with van der Waals surface area (Å²) in [5.74, 6) is 0.884. The number of piperidine rings is 1. The molecule has 1 N–H and O–H groups in total. The van der Waals surface area contributed by atoms with Gasteiger partial charge in [-0.05, 0) is 43.5 Å². The largest absolute Gasteiger partial charge is 0.490 e. The SMILES string of the molecule is CCCN1CCC(OC2CC(Oc3ccc(CNC(C)=O)cc3)C2)CC1. The summed E-state index contributed by atoms with van der Waals surface area (Å²) in [4.78, 5) is 13.5. The van der Waals surface area contributed by atoms with Crippen molar-refractivity contribution in [2.75, 3.05) is 19.6 Å². The average molecular weight is 360 g/mol. The maximum Gasteiger partial charge on any atom is 0.217 e. The van der Waals surface area contributed by atoms with Gasteiger partial charge in [0.2, 0.25) is 5.91 Å². The topological polar surface area (TPSA) is 50.8 Å². The summed E-state index contributed by atoms with van der Waals surface area (Å²) in [6, 6.07) is 7.97. The third-order valence-electron chi connectivity index (χ3n) is 5.28. The molecule has 1 aromatic carbocycles. The number of nitrogens with zero attached hydrogens (tertiary/aromatic N) is 1. The first-order valence-corrected chi connectivity index (χ1v) is 10.00. The molecule has 0 spiro atoms. The van der Waals surface area contributed by atoms with Crippen molar-refractivity contribution in [3.8, 4) is 5.75 Å². The van der Waals surface area contributed by atoms with Crippen molar-refractivity contribution < 1.29 is 14.3 Å². The van der Waals surface area contributed by atoms with Crippen molar-refractivity contribution >= 4 is 5.91 Å². The first-order chi connectivity index (χ1) is 12.6. The van der Waals surface area contributed by atoms with E-state index in [4.69, 9.17) is 9.47 Å². The number of hydrogen-bond donors (Lipinski definition) is 1. The molecule has 1 saturated heterocycles. The fraction of sp³-hybridized carbons (Fsp3) is 0.667. The van der Waals surface area contributed by atoms with E-state index in [-0.39, 0.29) is 12.0 Å². The number of rotatable bonds is 8. The highest BCUT2D eigenvalue weighted by atomic mass is 16.5. The standard InChI is InChI=1S/C21H32N2O3/c1-3-10-23-11-8-19(9-12-23)26-21-13-20(14-21)25-18-6-4-17(5-7-18)15-22-16(2)24/h4-7,19-21H,3,8-15H2,1-2H3,(H,22,24). The molecular weight excluding hydrogens is 328 g/mol. The normalized spacial score (nSPS) is 24.1. The van der Waals surface area contributed by atoms with Gasteiger partial charge in [0.1, 0.15) is 11.9 Å². The second kappa shape index (κ2) is 9.38. The molecule has 0 unspecified atom stereocenters. The van der Waals surface area contributed by atoms with Crippen LogP contribution in [0.4, 0.5) is 0 Å². The van der Waals surface area contributed by atoms with E-state index in [9.17, 15) is 4.79 Å². The number of likely N-dealkylation sites (tertiary alicyclic amines) is 1. The van der Waals surface area contributed by atoms with Gasteiger partial charge >= 0.3 is 0 Å². The lowest BCUT2D eigenvalue weighted by atomic mass is 9.91. The van der Waals surface area contributed by atoms with Gasteiger partial charge in [0.15, 0.2) is 0 Å². The Hall–Kier alpha value is -1.59. The van der Waals surface area contributed by atoms with Gasteiger partial charge in [0.25, 0.3) is 0 Å². The Balaban J connectivity index is 1.32. The Morgan fingerprint density at radius 3 is 2.42 bits per heavy atom. The second-order valence-corrected chi connectivity index (χ2v) is 7.56. The average Bonchev–Trinajstić information content (AvgIpc) is 2.61. The van der Waals surface area contributed by atoms with Crippen LogP contribution >= 0.6 is 0 Å². The van der Waals surface area contributed by atoms with Gasteiger partial charge in [0, 0.05) is 39.4 Å². The molecule has 0 bridgehead atoms. The number of benzene rings is 1. The Morgan fingerprint density at radius 2 is 1.81 bits per heavy atom. The zero-order valence-electron chi connectivity index (χ0n) is 16.1. The molecule has 0 aromatic heterocycles. The van der Waals surface area contributed by atoms with Crippen LogP contribution in [0.1, 0.15) is 51.5 Å². The van der Waals surface area contributed by atoms with Crippen molar-refractivity contribution in [2.45, 2.75) is 70.8 Å². The third-order valence-corrected chi connectivity index (χ3v) is 5.28. The van der Waals surface area contributed by atoms with E-state index in [1.165, 1.54) is 33.0 Å². The third kappa shape index (κ3) is 5.71. The van der Waals surface area contributed by atoms with Crippen molar-refractivity contribution in [3.05, 3.63) is 29.8 Å². The minimum atomic E-state index is -0.0122. The summed E-state index contributed by atoms with van der Waals surface area (Å²) in [7, 11) is 0. The van der Waals surface area contributed by atoms with E-state index in [0.717, 1.165) is 37.0 Å². The lowest BCUT2D eigenvalue weighted by molar-refractivity contribution is -0.119. The predicted octanol–water partition coefficient (Wildman–Crippen LogP) is 3.12. The first-order valence-electron chi connectivity index (χ1n) is 10.00. The van der Waals surface area contributed by atoms with Crippen LogP contribution < -0.4 is 10.1 Å². The molecule has 3 rings (SSSR count). The lowest BCUT2D eigenvalue weighted by Crippen LogP contribution is -2.44. The fourth-order valence-electron chi connectivity index (χ4n) is 3.69. The van der Waals surface area contributed by atoms with E-state index in [1.54, 1.807) is 0 Å². The van der Waals surface area contributed by atoms with Crippen LogP contribution in [0.2, 0.25) is 0 Å². The molecule has 2 aliphatic rings. The summed E-state index contributed by atoms with van der Waals surface area (Å²) in [6.45, 7) is 7.91. The molecule has 5 nitrogen and oxygen atoms in total. The minimum Gasteiger partial charge on any atom is -0.490 e. The highest BCUT2D eigenvalue weighted by Gasteiger charge is 2.34. The molecule has 1 aliphatic carbocycles. The molecule has 0 atom stereocenters. The predicted molar refractivity (Wildman–Crippen MR) is 102 cm³/mol. The number of hydrogen-bond acceptors (Lipinski definition) is 4. The summed E-state index contributed by atoms with van der Waals surface area (Å²) < 4.78 is 12.3. The quantitative estimate of drug-likeness (QED) is 0.774. The van der Waals surface area contributed by atoms with Crippen molar-refractivity contribution in [2.24, 2.45) is 0 Å². The number of ether oxygens (including phenoxy) is 2. The zero-order chi connectivity index (χ0) is 18.4. The maximum atomic E-state index is 10.9. The number of amides is 1. The molecule has 5 heteroatoms. The summed E-state index contributed by atoms with van der Waals surface area (Å²) in [5, 5.41) is 2.80. The van der Waals surface area contributed by atoms with Crippen LogP contribution in [-0.4, -0.2) is 48.8 Å². The van der Waals surface area contributed by atoms with E-state index in [1.807, 2.05) is 24.3 Å². The van der Waals surface area contributed by atoms with Crippen LogP contribution in [-0.2, 0) is 16.1 Å². The number of carbonyl (C=O) groups excluding carboxylic acids is 1. The van der Waals surface area contributed by atoms with Crippen molar-refractivity contribution in [1.82, 2.24) is 10.2 Å². The summed E-state index contributed by atoms with van der Waals surface area (Å²) in [6.07, 6.45) is 6.60. The Kier molecular flexibility index (Phi) is 6.92. The van der Waals surface area contributed by atoms with Crippen molar-refractivity contribution in [1.29, 1.82) is 0 Å². The zero-order valence-corrected chi connectivity index (χ0v) is 16.1. The van der Waals surface area contributed by atoms with E-state index in [2.05, 4.69) is 17.1 Å². The van der Waals surface area contributed by atoms with Crippen LogP contribution in [0.25, 0.3) is 0 Å². The summed E-state index contributed by atoms with van der Waals surface area (Å²) >= 11 is 0. The summed E-state index contributed by atoms with van der Waals surface area (Å²) in [5.41, 5.74) is 1.08. The van der Waals surface area contributed by atoms with Gasteiger partial charge in [0.05, 0.1) is 12.2 Å². The van der Waals surface area contributed by atoms with Gasteiger partial charge in [-0.3, -0.25) is 4.79 Å². The van der Waals surface area contributed by atoms with Crippen LogP contribution in [0, 0.1) is 0 Å². The number of nitrogens with one attached hydrogen (secondary N) is 1. The monoisotopic (exact) mass is 360 g/mol. The smallest absolute Gasteiger partial charge is 0.217 e. The molecule has 0 radical (unpaired) electrons. The van der Waals surface area contributed by atoms with Crippen LogP contribution in [0.15, 0.2) is 24.3 Å². The Labute approximate surface area is 157 Å². The molecule has 1 aromatic rings. The van der Waals surface area contributed by atoms with Gasteiger partial charge in [-0.1, -0.05) is 19.1 Å². The van der Waals surface area contributed by atoms with E-state index in [0.29, 0.717) is 18.8 Å². The highest BCUT2D eigenvalue weighted by molar-refractivity contribution is 5.72. The van der Waals surface area contributed by atoms with Crippen molar-refractivity contribution in [3.63, 3.8) is 0 Å². The van der Waals surface area contributed by atoms with Gasteiger partial charge in [-0.2, -0.15) is 0 Å². The Bertz CT molecular complexity index is 561. The molecule has 1 heterocycles. The number of carbonyl (C=O) groups is 1. The highest BCUT2D eigenvalue weighted by Crippen LogP contribution is 2.31. The molecule has 1 saturated carbocycles. The molecule has 26 heavy (non-hydrogen) atoms. The van der Waals surface area contributed by atoms with Gasteiger partial charge < -0.3 is 19.7 Å². The van der Waals surface area contributed by atoms with Crippen LogP contribution in [0.5, 0.6) is 5.75 Å². The molecule has 144 valence electrons. The first kappa shape index (κ1) is 19.2. The van der Waals surface area contributed by atoms with E-state index >= 15 is 0 Å². The minimum absolute atomic E-state index is 0.0122. The molecule has 1 aliphatic heterocycles. The van der Waals surface area contributed by atoms with E-state index < -0.39 is 0 Å². The second-order valence-electron chi connectivity index (χ2n) is 7.56. The molecule has 2 fully saturated rings. The van der Waals surface area contributed by atoms with Gasteiger partial charge in [-0.25, -0.2) is 0 Å². The Morgan fingerprint density at radius 1 is 1.12 bits per heavy atom. The fourth-order valence-corrected chi connectivity index (χ4v) is 3.69. The molecular formula is C21H32N2O3. The van der Waals surface area contributed by atoms with Gasteiger partial charge in [-0.15, -0.1) is 0 Å². The van der Waals surface area contributed by atoms with Crippen LogP contribution in [0.3, 0.4) is 0 Å². The maximum absolute atomic E-state index is 10.9. The molecule has 1 amide bonds.